The molecule has 0 saturated carbocycles. The summed E-state index contributed by atoms with van der Waals surface area (Å²) in [5.74, 6) is 1.40. The van der Waals surface area contributed by atoms with Gasteiger partial charge in [0.15, 0.2) is 5.17 Å². The van der Waals surface area contributed by atoms with E-state index in [0.717, 1.165) is 17.7 Å². The molecule has 0 radical (unpaired) electrons. The molecule has 0 aromatic heterocycles. The molecule has 25 heavy (non-hydrogen) atoms. The smallest absolute Gasteiger partial charge is 0.255 e. The van der Waals surface area contributed by atoms with Crippen LogP contribution < -0.4 is 15.8 Å². The number of nitrogens with two attached hydrogens (primary N) is 1. The SMILES string of the molecule is COc1ccccc1NC(=O)c1ccc(C2(C)CCSC(N)=N2)cc1. The summed E-state index contributed by atoms with van der Waals surface area (Å²) >= 11 is 1.58. The van der Waals surface area contributed by atoms with Crippen molar-refractivity contribution in [1.29, 1.82) is 0 Å². The van der Waals surface area contributed by atoms with E-state index in [9.17, 15) is 4.79 Å². The Kier molecular flexibility index (Phi) is 4.99. The van der Waals surface area contributed by atoms with Gasteiger partial charge < -0.3 is 15.8 Å². The van der Waals surface area contributed by atoms with Crippen molar-refractivity contribution >= 4 is 28.5 Å². The first-order valence-electron chi connectivity index (χ1n) is 8.05. The summed E-state index contributed by atoms with van der Waals surface area (Å²) in [5, 5.41) is 3.50. The Morgan fingerprint density at radius 1 is 1.24 bits per heavy atom. The maximum absolute atomic E-state index is 12.5. The summed E-state index contributed by atoms with van der Waals surface area (Å²) in [6.45, 7) is 2.07. The number of hydrogen-bond donors (Lipinski definition) is 2. The van der Waals surface area contributed by atoms with E-state index in [-0.39, 0.29) is 11.4 Å². The molecule has 3 rings (SSSR count). The highest BCUT2D eigenvalue weighted by atomic mass is 32.2. The van der Waals surface area contributed by atoms with Gasteiger partial charge in [-0.2, -0.15) is 0 Å². The Morgan fingerprint density at radius 3 is 2.64 bits per heavy atom. The minimum Gasteiger partial charge on any atom is -0.495 e. The van der Waals surface area contributed by atoms with Crippen LogP contribution in [0.25, 0.3) is 0 Å². The summed E-state index contributed by atoms with van der Waals surface area (Å²) in [6, 6.07) is 14.9. The van der Waals surface area contributed by atoms with Crippen molar-refractivity contribution in [2.75, 3.05) is 18.2 Å². The van der Waals surface area contributed by atoms with Crippen LogP contribution in [0.3, 0.4) is 0 Å². The third kappa shape index (κ3) is 3.79. The average molecular weight is 355 g/mol. The molecule has 1 aliphatic heterocycles. The van der Waals surface area contributed by atoms with Crippen LogP contribution in [0.5, 0.6) is 5.75 Å². The molecule has 1 aliphatic rings. The van der Waals surface area contributed by atoms with E-state index in [1.807, 2.05) is 48.5 Å². The monoisotopic (exact) mass is 355 g/mol. The molecule has 130 valence electrons. The number of amidine groups is 1. The second kappa shape index (κ2) is 7.19. The predicted octanol–water partition coefficient (Wildman–Crippen LogP) is 3.61. The number of methoxy groups -OCH3 is 1. The van der Waals surface area contributed by atoms with Gasteiger partial charge in [-0.25, -0.2) is 0 Å². The lowest BCUT2D eigenvalue weighted by Crippen LogP contribution is -2.28. The van der Waals surface area contributed by atoms with Crippen LogP contribution in [0.4, 0.5) is 5.69 Å². The Balaban J connectivity index is 1.78. The Labute approximate surface area is 151 Å². The summed E-state index contributed by atoms with van der Waals surface area (Å²) < 4.78 is 5.26. The largest absolute Gasteiger partial charge is 0.495 e. The quantitative estimate of drug-likeness (QED) is 0.878. The maximum Gasteiger partial charge on any atom is 0.255 e. The number of nitrogens with zero attached hydrogens (tertiary/aromatic N) is 1. The molecule has 0 fully saturated rings. The van der Waals surface area contributed by atoms with Crippen LogP contribution in [0.15, 0.2) is 53.5 Å². The molecular formula is C19H21N3O2S. The van der Waals surface area contributed by atoms with Gasteiger partial charge in [0.2, 0.25) is 0 Å². The molecule has 1 atom stereocenters. The summed E-state index contributed by atoms with van der Waals surface area (Å²) in [4.78, 5) is 17.1. The van der Waals surface area contributed by atoms with E-state index in [1.165, 1.54) is 0 Å². The Morgan fingerprint density at radius 2 is 1.96 bits per heavy atom. The number of hydrogen-bond acceptors (Lipinski definition) is 5. The van der Waals surface area contributed by atoms with Crippen molar-refractivity contribution in [2.24, 2.45) is 10.7 Å². The summed E-state index contributed by atoms with van der Waals surface area (Å²) in [7, 11) is 1.58. The maximum atomic E-state index is 12.5. The molecule has 0 aliphatic carbocycles. The standard InChI is InChI=1S/C19H21N3O2S/c1-19(11-12-25-18(20)22-19)14-9-7-13(8-10-14)17(23)21-15-5-3-4-6-16(15)24-2/h3-10H,11-12H2,1-2H3,(H2,20,22)(H,21,23). The predicted molar refractivity (Wildman–Crippen MR) is 103 cm³/mol. The summed E-state index contributed by atoms with van der Waals surface area (Å²) in [6.07, 6.45) is 0.922. The van der Waals surface area contributed by atoms with Crippen molar-refractivity contribution < 1.29 is 9.53 Å². The van der Waals surface area contributed by atoms with Crippen molar-refractivity contribution in [3.63, 3.8) is 0 Å². The number of carbonyl (C=O) groups excluding carboxylic acids is 1. The van der Waals surface area contributed by atoms with E-state index in [1.54, 1.807) is 18.9 Å². The molecule has 6 heteroatoms. The van der Waals surface area contributed by atoms with Gasteiger partial charge in [-0.3, -0.25) is 9.79 Å². The van der Waals surface area contributed by atoms with Gasteiger partial charge in [0.1, 0.15) is 5.75 Å². The molecule has 0 saturated heterocycles. The molecule has 1 amide bonds. The molecule has 5 nitrogen and oxygen atoms in total. The minimum absolute atomic E-state index is 0.177. The molecule has 0 spiro atoms. The normalized spacial score (nSPS) is 19.8. The van der Waals surface area contributed by atoms with Gasteiger partial charge >= 0.3 is 0 Å². The van der Waals surface area contributed by atoms with Crippen molar-refractivity contribution in [1.82, 2.24) is 0 Å². The van der Waals surface area contributed by atoms with Crippen molar-refractivity contribution in [3.8, 4) is 5.75 Å². The minimum atomic E-state index is -0.326. The fourth-order valence-electron chi connectivity index (χ4n) is 2.82. The Hall–Kier alpha value is -2.47. The lowest BCUT2D eigenvalue weighted by molar-refractivity contribution is 0.102. The van der Waals surface area contributed by atoms with Crippen molar-refractivity contribution in [2.45, 2.75) is 18.9 Å². The first-order chi connectivity index (χ1) is 12.0. The van der Waals surface area contributed by atoms with E-state index >= 15 is 0 Å². The van der Waals surface area contributed by atoms with Gasteiger partial charge in [0.05, 0.1) is 18.3 Å². The second-order valence-electron chi connectivity index (χ2n) is 6.05. The first-order valence-corrected chi connectivity index (χ1v) is 9.03. The number of aliphatic imine (C=N–C) groups is 1. The number of nitrogens with one attached hydrogen (secondary N) is 1. The highest BCUT2D eigenvalue weighted by Gasteiger charge is 2.29. The molecular weight excluding hydrogens is 334 g/mol. The highest BCUT2D eigenvalue weighted by molar-refractivity contribution is 8.13. The van der Waals surface area contributed by atoms with Crippen LogP contribution in [-0.2, 0) is 5.54 Å². The highest BCUT2D eigenvalue weighted by Crippen LogP contribution is 2.35. The zero-order valence-corrected chi connectivity index (χ0v) is 15.1. The van der Waals surface area contributed by atoms with Crippen LogP contribution in [-0.4, -0.2) is 23.9 Å². The lowest BCUT2D eigenvalue weighted by Gasteiger charge is -2.29. The van der Waals surface area contributed by atoms with Crippen LogP contribution in [0.1, 0.15) is 29.3 Å². The van der Waals surface area contributed by atoms with E-state index in [0.29, 0.717) is 22.2 Å². The molecule has 2 aromatic carbocycles. The van der Waals surface area contributed by atoms with Gasteiger partial charge in [0.25, 0.3) is 5.91 Å². The van der Waals surface area contributed by atoms with Crippen molar-refractivity contribution in [3.05, 3.63) is 59.7 Å². The van der Waals surface area contributed by atoms with E-state index in [2.05, 4.69) is 17.2 Å². The number of ether oxygens (including phenoxy) is 1. The first kappa shape index (κ1) is 17.4. The third-order valence-corrected chi connectivity index (χ3v) is 5.12. The third-order valence-electron chi connectivity index (χ3n) is 4.32. The van der Waals surface area contributed by atoms with Gasteiger partial charge in [0, 0.05) is 11.3 Å². The molecule has 1 unspecified atom stereocenters. The number of thioether (sulfide) groups is 1. The van der Waals surface area contributed by atoms with Crippen LogP contribution in [0, 0.1) is 0 Å². The van der Waals surface area contributed by atoms with E-state index < -0.39 is 0 Å². The number of benzene rings is 2. The molecule has 2 aromatic rings. The molecule has 0 bridgehead atoms. The van der Waals surface area contributed by atoms with Gasteiger partial charge in [-0.1, -0.05) is 36.0 Å². The van der Waals surface area contributed by atoms with Crippen LogP contribution >= 0.6 is 11.8 Å². The van der Waals surface area contributed by atoms with Crippen LogP contribution in [0.2, 0.25) is 0 Å². The number of rotatable bonds is 4. The molecule has 3 N–H and O–H groups in total. The lowest BCUT2D eigenvalue weighted by atomic mass is 9.89. The zero-order chi connectivity index (χ0) is 17.9. The summed E-state index contributed by atoms with van der Waals surface area (Å²) in [5.41, 5.74) is 7.84. The van der Waals surface area contributed by atoms with Gasteiger partial charge in [-0.05, 0) is 43.2 Å². The van der Waals surface area contributed by atoms with E-state index in [4.69, 9.17) is 10.5 Å². The second-order valence-corrected chi connectivity index (χ2v) is 7.17. The number of para-hydroxylation sites is 2. The number of anilines is 1. The fourth-order valence-corrected chi connectivity index (χ4v) is 3.79. The Bertz CT molecular complexity index is 805. The molecule has 1 heterocycles. The van der Waals surface area contributed by atoms with Gasteiger partial charge in [-0.15, -0.1) is 0 Å². The number of carbonyl (C=O) groups is 1. The average Bonchev–Trinajstić information content (AvgIpc) is 2.62. The fraction of sp³-hybridized carbons (Fsp3) is 0.263. The zero-order valence-electron chi connectivity index (χ0n) is 14.3. The topological polar surface area (TPSA) is 76.7 Å². The number of amides is 1.